The van der Waals surface area contributed by atoms with E-state index in [0.29, 0.717) is 38.5 Å². The fraction of sp³-hybridized carbons (Fsp3) is 0.0455. The number of hydrogen-bond acceptors (Lipinski definition) is 6. The number of rotatable bonds is 6. The number of nitrogens with zero attached hydrogens (tertiary/aromatic N) is 4. The van der Waals surface area contributed by atoms with Crippen LogP contribution in [0.15, 0.2) is 77.8 Å². The second-order valence-electron chi connectivity index (χ2n) is 6.57. The van der Waals surface area contributed by atoms with Gasteiger partial charge in [-0.05, 0) is 55.5 Å². The summed E-state index contributed by atoms with van der Waals surface area (Å²) < 4.78 is 15.4. The lowest BCUT2D eigenvalue weighted by Gasteiger charge is -2.09. The third-order valence-corrected chi connectivity index (χ3v) is 5.71. The van der Waals surface area contributed by atoms with Crippen molar-refractivity contribution in [3.05, 3.63) is 89.3 Å². The molecule has 32 heavy (non-hydrogen) atoms. The molecule has 0 radical (unpaired) electrons. The maximum atomic E-state index is 12.7. The van der Waals surface area contributed by atoms with Crippen molar-refractivity contribution < 1.29 is 9.00 Å². The van der Waals surface area contributed by atoms with E-state index in [0.717, 1.165) is 0 Å². The molecule has 0 saturated carbocycles. The van der Waals surface area contributed by atoms with Gasteiger partial charge in [-0.3, -0.25) is 19.8 Å². The molecule has 2 aromatic carbocycles. The molecule has 4 rings (SSSR count). The number of carbonyl (C=O) groups excluding carboxylic acids is 1. The van der Waals surface area contributed by atoms with E-state index in [1.54, 1.807) is 73.8 Å². The van der Waals surface area contributed by atoms with Crippen LogP contribution in [0.2, 0.25) is 5.02 Å². The van der Waals surface area contributed by atoms with Gasteiger partial charge in [0.2, 0.25) is 5.95 Å². The molecular weight excluding hydrogens is 448 g/mol. The molecule has 0 fully saturated rings. The van der Waals surface area contributed by atoms with Crippen LogP contribution in [0.5, 0.6) is 0 Å². The van der Waals surface area contributed by atoms with Crippen molar-refractivity contribution in [1.29, 1.82) is 0 Å². The number of benzene rings is 2. The van der Waals surface area contributed by atoms with E-state index in [1.807, 2.05) is 6.07 Å². The zero-order chi connectivity index (χ0) is 22.5. The third kappa shape index (κ3) is 5.13. The second kappa shape index (κ2) is 9.63. The highest BCUT2D eigenvalue weighted by Gasteiger charge is 2.13. The van der Waals surface area contributed by atoms with Crippen LogP contribution in [-0.4, -0.2) is 30.1 Å². The summed E-state index contributed by atoms with van der Waals surface area (Å²) in [7, 11) is -1.54. The molecular formula is C22H17ClN6O2S. The number of aryl methyl sites for hydroxylation is 1. The molecule has 0 aliphatic heterocycles. The quantitative estimate of drug-likeness (QED) is 0.440. The van der Waals surface area contributed by atoms with Gasteiger partial charge in [-0.2, -0.15) is 9.97 Å². The van der Waals surface area contributed by atoms with Gasteiger partial charge in [0.05, 0.1) is 15.6 Å². The van der Waals surface area contributed by atoms with E-state index < -0.39 is 16.9 Å². The van der Waals surface area contributed by atoms with Gasteiger partial charge in [0.15, 0.2) is 5.82 Å². The number of hydrogen-bond donors (Lipinski definition) is 2. The van der Waals surface area contributed by atoms with Crippen molar-refractivity contribution in [1.82, 2.24) is 19.9 Å². The SMILES string of the molecule is Cc1nc(NC(=O)c2ccc(S(=O)Nc3ccccc3Cl)cc2)nc(-c2ccccn2)n1. The monoisotopic (exact) mass is 464 g/mol. The Morgan fingerprint density at radius 2 is 1.69 bits per heavy atom. The Bertz CT molecular complexity index is 1290. The normalized spacial score (nSPS) is 11.6. The Hall–Kier alpha value is -3.69. The number of halogens is 1. The molecule has 160 valence electrons. The molecule has 1 atom stereocenters. The predicted octanol–water partition coefficient (Wildman–Crippen LogP) is 4.28. The number of pyridine rings is 1. The molecule has 0 saturated heterocycles. The molecule has 2 N–H and O–H groups in total. The highest BCUT2D eigenvalue weighted by molar-refractivity contribution is 7.86. The zero-order valence-electron chi connectivity index (χ0n) is 16.8. The number of carbonyl (C=O) groups is 1. The van der Waals surface area contributed by atoms with Crippen molar-refractivity contribution in [2.45, 2.75) is 11.8 Å². The first-order valence-corrected chi connectivity index (χ1v) is 11.0. The summed E-state index contributed by atoms with van der Waals surface area (Å²) >= 11 is 6.09. The average molecular weight is 465 g/mol. The Labute approximate surface area is 191 Å². The first-order chi connectivity index (χ1) is 15.5. The lowest BCUT2D eigenvalue weighted by atomic mass is 10.2. The molecule has 2 heterocycles. The first kappa shape index (κ1) is 21.5. The third-order valence-electron chi connectivity index (χ3n) is 4.27. The van der Waals surface area contributed by atoms with Crippen molar-refractivity contribution in [2.75, 3.05) is 10.0 Å². The zero-order valence-corrected chi connectivity index (χ0v) is 18.4. The summed E-state index contributed by atoms with van der Waals surface area (Å²) in [5, 5.41) is 3.13. The molecule has 2 aromatic heterocycles. The molecule has 0 spiro atoms. The Kier molecular flexibility index (Phi) is 6.48. The van der Waals surface area contributed by atoms with E-state index in [9.17, 15) is 9.00 Å². The van der Waals surface area contributed by atoms with Crippen LogP contribution in [0.25, 0.3) is 11.5 Å². The minimum absolute atomic E-state index is 0.121. The van der Waals surface area contributed by atoms with E-state index in [-0.39, 0.29) is 5.95 Å². The van der Waals surface area contributed by atoms with Crippen LogP contribution in [0.4, 0.5) is 11.6 Å². The van der Waals surface area contributed by atoms with Gasteiger partial charge in [0, 0.05) is 11.8 Å². The fourth-order valence-corrected chi connectivity index (χ4v) is 3.87. The number of anilines is 2. The minimum atomic E-state index is -1.54. The highest BCUT2D eigenvalue weighted by Crippen LogP contribution is 2.22. The summed E-state index contributed by atoms with van der Waals surface area (Å²) in [5.41, 5.74) is 1.50. The first-order valence-electron chi connectivity index (χ1n) is 9.48. The lowest BCUT2D eigenvalue weighted by Crippen LogP contribution is -2.16. The van der Waals surface area contributed by atoms with Gasteiger partial charge in [0.1, 0.15) is 22.5 Å². The topological polar surface area (TPSA) is 110 Å². The molecule has 1 unspecified atom stereocenters. The summed E-state index contributed by atoms with van der Waals surface area (Å²) in [6.45, 7) is 1.71. The van der Waals surface area contributed by atoms with E-state index >= 15 is 0 Å². The van der Waals surface area contributed by atoms with Crippen LogP contribution in [0.3, 0.4) is 0 Å². The molecule has 0 aliphatic rings. The summed E-state index contributed by atoms with van der Waals surface area (Å²) in [6, 6.07) is 18.8. The minimum Gasteiger partial charge on any atom is -0.300 e. The van der Waals surface area contributed by atoms with Crippen molar-refractivity contribution >= 4 is 40.1 Å². The van der Waals surface area contributed by atoms with Gasteiger partial charge in [-0.25, -0.2) is 9.19 Å². The Balaban J connectivity index is 1.47. The highest BCUT2D eigenvalue weighted by atomic mass is 35.5. The maximum absolute atomic E-state index is 12.7. The molecule has 1 amide bonds. The van der Waals surface area contributed by atoms with Crippen LogP contribution in [0, 0.1) is 6.92 Å². The standard InChI is InChI=1S/C22H17ClN6O2S/c1-14-25-20(19-8-4-5-13-24-19)27-22(26-14)28-21(30)15-9-11-16(12-10-15)32(31)29-18-7-3-2-6-17(18)23/h2-13,29H,1H3,(H,25,26,27,28,30). The smallest absolute Gasteiger partial charge is 0.258 e. The van der Waals surface area contributed by atoms with Crippen LogP contribution < -0.4 is 10.0 Å². The van der Waals surface area contributed by atoms with Crippen molar-refractivity contribution in [3.63, 3.8) is 0 Å². The predicted molar refractivity (Wildman–Crippen MR) is 124 cm³/mol. The maximum Gasteiger partial charge on any atom is 0.258 e. The van der Waals surface area contributed by atoms with Crippen LogP contribution in [-0.2, 0) is 11.0 Å². The molecule has 0 aliphatic carbocycles. The van der Waals surface area contributed by atoms with Gasteiger partial charge in [0.25, 0.3) is 5.91 Å². The second-order valence-corrected chi connectivity index (χ2v) is 8.19. The van der Waals surface area contributed by atoms with Crippen molar-refractivity contribution in [3.8, 4) is 11.5 Å². The van der Waals surface area contributed by atoms with E-state index in [2.05, 4.69) is 30.0 Å². The summed E-state index contributed by atoms with van der Waals surface area (Å²) in [4.78, 5) is 30.1. The molecule has 0 bridgehead atoms. The van der Waals surface area contributed by atoms with Crippen molar-refractivity contribution in [2.24, 2.45) is 0 Å². The molecule has 10 heteroatoms. The number of nitrogens with one attached hydrogen (secondary N) is 2. The van der Waals surface area contributed by atoms with E-state index in [1.165, 1.54) is 0 Å². The van der Waals surface area contributed by atoms with Gasteiger partial charge >= 0.3 is 0 Å². The average Bonchev–Trinajstić information content (AvgIpc) is 2.81. The van der Waals surface area contributed by atoms with Gasteiger partial charge < -0.3 is 0 Å². The van der Waals surface area contributed by atoms with Gasteiger partial charge in [-0.1, -0.05) is 29.8 Å². The summed E-state index contributed by atoms with van der Waals surface area (Å²) in [5.74, 6) is 0.535. The number of para-hydroxylation sites is 1. The largest absolute Gasteiger partial charge is 0.300 e. The fourth-order valence-electron chi connectivity index (χ4n) is 2.75. The molecule has 8 nitrogen and oxygen atoms in total. The van der Waals surface area contributed by atoms with Crippen LogP contribution >= 0.6 is 11.6 Å². The molecule has 4 aromatic rings. The van der Waals surface area contributed by atoms with E-state index in [4.69, 9.17) is 11.6 Å². The Morgan fingerprint density at radius 3 is 2.41 bits per heavy atom. The number of amides is 1. The van der Waals surface area contributed by atoms with Crippen LogP contribution in [0.1, 0.15) is 16.2 Å². The van der Waals surface area contributed by atoms with Gasteiger partial charge in [-0.15, -0.1) is 0 Å². The Morgan fingerprint density at radius 1 is 0.938 bits per heavy atom. The number of aromatic nitrogens is 4. The lowest BCUT2D eigenvalue weighted by molar-refractivity contribution is 0.102. The summed E-state index contributed by atoms with van der Waals surface area (Å²) in [6.07, 6.45) is 1.64.